The average Bonchev–Trinajstić information content (AvgIpc) is 2.36. The van der Waals surface area contributed by atoms with Crippen LogP contribution in [0.2, 0.25) is 15.1 Å². The first-order chi connectivity index (χ1) is 8.54. The lowest BCUT2D eigenvalue weighted by Crippen LogP contribution is -1.95. The van der Waals surface area contributed by atoms with Crippen molar-refractivity contribution < 1.29 is 0 Å². The first-order valence-corrected chi connectivity index (χ1v) is 5.97. The van der Waals surface area contributed by atoms with Crippen molar-refractivity contribution in [3.63, 3.8) is 0 Å². The molecule has 0 unspecified atom stereocenters. The molecule has 0 fully saturated rings. The fraction of sp³-hybridized carbons (Fsp3) is 0. The molecule has 1 aromatic carbocycles. The number of hydrogen-bond donors (Lipinski definition) is 1. The van der Waals surface area contributed by atoms with Gasteiger partial charge < -0.3 is 5.73 Å². The van der Waals surface area contributed by atoms with E-state index in [0.717, 1.165) is 0 Å². The second-order valence-corrected chi connectivity index (χ2v) is 4.69. The summed E-state index contributed by atoms with van der Waals surface area (Å²) in [6, 6.07) is 6.70. The SMILES string of the molecule is N#Cc1cc(N)cnc1-c1c(Cl)ccc(Cl)c1Cl. The van der Waals surface area contributed by atoms with Crippen LogP contribution in [0.25, 0.3) is 11.3 Å². The number of nitrogen functional groups attached to an aromatic ring is 1. The van der Waals surface area contributed by atoms with Gasteiger partial charge in [-0.05, 0) is 18.2 Å². The van der Waals surface area contributed by atoms with Crippen LogP contribution in [-0.4, -0.2) is 4.98 Å². The second kappa shape index (κ2) is 5.03. The molecular weight excluding hydrogens is 293 g/mol. The molecular formula is C12H6Cl3N3. The van der Waals surface area contributed by atoms with Gasteiger partial charge in [-0.15, -0.1) is 0 Å². The van der Waals surface area contributed by atoms with Crippen LogP contribution in [0.4, 0.5) is 5.69 Å². The minimum absolute atomic E-state index is 0.262. The summed E-state index contributed by atoms with van der Waals surface area (Å²) in [4.78, 5) is 4.11. The highest BCUT2D eigenvalue weighted by Gasteiger charge is 2.16. The number of hydrogen-bond acceptors (Lipinski definition) is 3. The van der Waals surface area contributed by atoms with Crippen molar-refractivity contribution in [2.75, 3.05) is 5.73 Å². The van der Waals surface area contributed by atoms with Gasteiger partial charge >= 0.3 is 0 Å². The Morgan fingerprint density at radius 1 is 1.17 bits per heavy atom. The van der Waals surface area contributed by atoms with E-state index in [1.165, 1.54) is 12.3 Å². The van der Waals surface area contributed by atoms with E-state index in [0.29, 0.717) is 32.6 Å². The zero-order chi connectivity index (χ0) is 13.3. The Kier molecular flexibility index (Phi) is 3.63. The summed E-state index contributed by atoms with van der Waals surface area (Å²) >= 11 is 18.1. The van der Waals surface area contributed by atoms with E-state index in [9.17, 15) is 0 Å². The van der Waals surface area contributed by atoms with Crippen LogP contribution >= 0.6 is 34.8 Å². The number of aromatic nitrogens is 1. The van der Waals surface area contributed by atoms with E-state index in [-0.39, 0.29) is 5.02 Å². The van der Waals surface area contributed by atoms with Gasteiger partial charge in [-0.2, -0.15) is 5.26 Å². The third-order valence-electron chi connectivity index (χ3n) is 2.31. The Balaban J connectivity index is 2.78. The number of rotatable bonds is 1. The Bertz CT molecular complexity index is 662. The fourth-order valence-electron chi connectivity index (χ4n) is 1.51. The van der Waals surface area contributed by atoms with Crippen molar-refractivity contribution in [3.8, 4) is 17.3 Å². The zero-order valence-electron chi connectivity index (χ0n) is 8.92. The molecule has 2 N–H and O–H groups in total. The molecule has 90 valence electrons. The maximum atomic E-state index is 9.09. The highest BCUT2D eigenvalue weighted by molar-refractivity contribution is 6.46. The predicted molar refractivity (Wildman–Crippen MR) is 73.8 cm³/mol. The van der Waals surface area contributed by atoms with Crippen LogP contribution in [-0.2, 0) is 0 Å². The molecule has 0 aliphatic heterocycles. The Morgan fingerprint density at radius 2 is 1.83 bits per heavy atom. The maximum Gasteiger partial charge on any atom is 0.102 e. The van der Waals surface area contributed by atoms with Gasteiger partial charge in [0.1, 0.15) is 6.07 Å². The fourth-order valence-corrected chi connectivity index (χ4v) is 2.22. The van der Waals surface area contributed by atoms with E-state index in [4.69, 9.17) is 45.8 Å². The number of nitriles is 1. The van der Waals surface area contributed by atoms with Crippen LogP contribution in [0.5, 0.6) is 0 Å². The van der Waals surface area contributed by atoms with Crippen molar-refractivity contribution in [1.82, 2.24) is 4.98 Å². The molecule has 0 spiro atoms. The second-order valence-electron chi connectivity index (χ2n) is 3.49. The molecule has 1 heterocycles. The van der Waals surface area contributed by atoms with E-state index < -0.39 is 0 Å². The molecule has 6 heteroatoms. The third kappa shape index (κ3) is 2.23. The summed E-state index contributed by atoms with van der Waals surface area (Å²) in [6.45, 7) is 0. The first-order valence-electron chi connectivity index (χ1n) is 4.84. The summed E-state index contributed by atoms with van der Waals surface area (Å²) in [5.41, 5.74) is 7.07. The molecule has 0 aliphatic carbocycles. The lowest BCUT2D eigenvalue weighted by Gasteiger charge is -2.09. The van der Waals surface area contributed by atoms with Gasteiger partial charge in [0, 0.05) is 5.56 Å². The molecule has 1 aromatic heterocycles. The zero-order valence-corrected chi connectivity index (χ0v) is 11.2. The Labute approximate surface area is 119 Å². The summed E-state index contributed by atoms with van der Waals surface area (Å²) in [7, 11) is 0. The maximum absolute atomic E-state index is 9.09. The minimum atomic E-state index is 0.262. The lowest BCUT2D eigenvalue weighted by atomic mass is 10.1. The lowest BCUT2D eigenvalue weighted by molar-refractivity contribution is 1.30. The summed E-state index contributed by atoms with van der Waals surface area (Å²) in [6.07, 6.45) is 1.43. The standard InChI is InChI=1S/C12H6Cl3N3/c13-8-1-2-9(14)11(15)10(8)12-6(4-16)3-7(17)5-18-12/h1-3,5H,17H2. The topological polar surface area (TPSA) is 62.7 Å². The van der Waals surface area contributed by atoms with Crippen LogP contribution in [0.3, 0.4) is 0 Å². The normalized spacial score (nSPS) is 10.1. The van der Waals surface area contributed by atoms with Gasteiger partial charge in [-0.25, -0.2) is 0 Å². The number of nitrogens with two attached hydrogens (primary N) is 1. The van der Waals surface area contributed by atoms with E-state index in [1.807, 2.05) is 6.07 Å². The van der Waals surface area contributed by atoms with Gasteiger partial charge in [0.2, 0.25) is 0 Å². The molecule has 0 amide bonds. The Morgan fingerprint density at radius 3 is 2.50 bits per heavy atom. The third-order valence-corrected chi connectivity index (χ3v) is 3.43. The molecule has 2 aromatic rings. The summed E-state index contributed by atoms with van der Waals surface area (Å²) in [5, 5.41) is 10.1. The highest BCUT2D eigenvalue weighted by Crippen LogP contribution is 2.39. The smallest absolute Gasteiger partial charge is 0.102 e. The molecule has 3 nitrogen and oxygen atoms in total. The molecule has 0 saturated heterocycles. The largest absolute Gasteiger partial charge is 0.397 e. The molecule has 0 aliphatic rings. The van der Waals surface area contributed by atoms with Crippen LogP contribution in [0.1, 0.15) is 5.56 Å². The van der Waals surface area contributed by atoms with Crippen LogP contribution in [0, 0.1) is 11.3 Å². The molecule has 18 heavy (non-hydrogen) atoms. The van der Waals surface area contributed by atoms with Gasteiger partial charge in [-0.3, -0.25) is 4.98 Å². The van der Waals surface area contributed by atoms with E-state index in [2.05, 4.69) is 4.98 Å². The van der Waals surface area contributed by atoms with Crippen molar-refractivity contribution in [1.29, 1.82) is 5.26 Å². The molecule has 0 saturated carbocycles. The number of anilines is 1. The van der Waals surface area contributed by atoms with Gasteiger partial charge in [0.25, 0.3) is 0 Å². The summed E-state index contributed by atoms with van der Waals surface area (Å²) in [5.74, 6) is 0. The van der Waals surface area contributed by atoms with Gasteiger partial charge in [0.05, 0.1) is 38.2 Å². The van der Waals surface area contributed by atoms with Crippen molar-refractivity contribution in [2.45, 2.75) is 0 Å². The minimum Gasteiger partial charge on any atom is -0.397 e. The van der Waals surface area contributed by atoms with Gasteiger partial charge in [-0.1, -0.05) is 34.8 Å². The van der Waals surface area contributed by atoms with Crippen molar-refractivity contribution in [2.24, 2.45) is 0 Å². The van der Waals surface area contributed by atoms with E-state index >= 15 is 0 Å². The number of pyridine rings is 1. The quantitative estimate of drug-likeness (QED) is 0.804. The average molecular weight is 299 g/mol. The number of benzene rings is 1. The van der Waals surface area contributed by atoms with Crippen LogP contribution in [0.15, 0.2) is 24.4 Å². The molecule has 0 radical (unpaired) electrons. The molecule has 0 bridgehead atoms. The number of halogens is 3. The predicted octanol–water partition coefficient (Wildman–Crippen LogP) is 4.16. The van der Waals surface area contributed by atoms with Crippen molar-refractivity contribution >= 4 is 40.5 Å². The molecule has 2 rings (SSSR count). The molecule has 0 atom stereocenters. The monoisotopic (exact) mass is 297 g/mol. The van der Waals surface area contributed by atoms with Crippen LogP contribution < -0.4 is 5.73 Å². The van der Waals surface area contributed by atoms with E-state index in [1.54, 1.807) is 12.1 Å². The Hall–Kier alpha value is -1.47. The van der Waals surface area contributed by atoms with Crippen molar-refractivity contribution in [3.05, 3.63) is 45.0 Å². The summed E-state index contributed by atoms with van der Waals surface area (Å²) < 4.78 is 0. The number of nitrogens with zero attached hydrogens (tertiary/aromatic N) is 2. The van der Waals surface area contributed by atoms with Gasteiger partial charge in [0.15, 0.2) is 0 Å². The highest BCUT2D eigenvalue weighted by atomic mass is 35.5. The first kappa shape index (κ1) is 13.0.